The van der Waals surface area contributed by atoms with Crippen LogP contribution < -0.4 is 5.32 Å². The number of piperazine rings is 1. The second-order valence-electron chi connectivity index (χ2n) is 5.69. The van der Waals surface area contributed by atoms with E-state index < -0.39 is 0 Å². The highest BCUT2D eigenvalue weighted by Gasteiger charge is 2.30. The van der Waals surface area contributed by atoms with Gasteiger partial charge >= 0.3 is 0 Å². The minimum Gasteiger partial charge on any atom is -0.336 e. The SMILES string of the molecule is Cc1ccc(CC(=O)N2CCNCC2c2nccn2C)cn1. The summed E-state index contributed by atoms with van der Waals surface area (Å²) in [6, 6.07) is 3.90. The van der Waals surface area contributed by atoms with E-state index in [0.717, 1.165) is 30.2 Å². The van der Waals surface area contributed by atoms with E-state index in [4.69, 9.17) is 0 Å². The highest BCUT2D eigenvalue weighted by Crippen LogP contribution is 2.21. The predicted octanol–water partition coefficient (Wildman–Crippen LogP) is 0.839. The summed E-state index contributed by atoms with van der Waals surface area (Å²) in [6.07, 6.45) is 5.85. The Labute approximate surface area is 130 Å². The molecule has 1 saturated heterocycles. The van der Waals surface area contributed by atoms with Crippen LogP contribution >= 0.6 is 0 Å². The molecule has 0 aliphatic carbocycles. The van der Waals surface area contributed by atoms with Gasteiger partial charge in [0.2, 0.25) is 5.91 Å². The van der Waals surface area contributed by atoms with Gasteiger partial charge in [0, 0.05) is 51.0 Å². The van der Waals surface area contributed by atoms with Crippen molar-refractivity contribution in [2.45, 2.75) is 19.4 Å². The number of aryl methyl sites for hydroxylation is 2. The van der Waals surface area contributed by atoms with Crippen LogP contribution in [0.4, 0.5) is 0 Å². The minimum atomic E-state index is -0.0142. The fraction of sp³-hybridized carbons (Fsp3) is 0.438. The third kappa shape index (κ3) is 3.01. The fourth-order valence-corrected chi connectivity index (χ4v) is 2.81. The van der Waals surface area contributed by atoms with Crippen molar-refractivity contribution in [1.29, 1.82) is 0 Å². The quantitative estimate of drug-likeness (QED) is 0.912. The zero-order valence-electron chi connectivity index (χ0n) is 13.0. The maximum atomic E-state index is 12.7. The molecule has 1 unspecified atom stereocenters. The lowest BCUT2D eigenvalue weighted by molar-refractivity contribution is -0.134. The van der Waals surface area contributed by atoms with Crippen molar-refractivity contribution >= 4 is 5.91 Å². The third-order valence-electron chi connectivity index (χ3n) is 4.05. The Balaban J connectivity index is 1.77. The molecule has 1 N–H and O–H groups in total. The summed E-state index contributed by atoms with van der Waals surface area (Å²) in [4.78, 5) is 23.3. The molecular formula is C16H21N5O. The van der Waals surface area contributed by atoms with E-state index in [-0.39, 0.29) is 11.9 Å². The molecule has 2 aromatic rings. The molecule has 1 aliphatic rings. The molecule has 0 spiro atoms. The summed E-state index contributed by atoms with van der Waals surface area (Å²) in [6.45, 7) is 4.20. The summed E-state index contributed by atoms with van der Waals surface area (Å²) in [5.41, 5.74) is 1.91. The third-order valence-corrected chi connectivity index (χ3v) is 4.05. The number of nitrogens with one attached hydrogen (secondary N) is 1. The molecule has 1 aliphatic heterocycles. The van der Waals surface area contributed by atoms with E-state index in [2.05, 4.69) is 15.3 Å². The summed E-state index contributed by atoms with van der Waals surface area (Å²) in [5.74, 6) is 1.04. The number of aromatic nitrogens is 3. The highest BCUT2D eigenvalue weighted by atomic mass is 16.2. The van der Waals surface area contributed by atoms with Gasteiger partial charge in [-0.25, -0.2) is 4.98 Å². The molecule has 0 aromatic carbocycles. The van der Waals surface area contributed by atoms with Crippen LogP contribution in [0.5, 0.6) is 0 Å². The first kappa shape index (κ1) is 14.7. The molecule has 1 amide bonds. The summed E-state index contributed by atoms with van der Waals surface area (Å²) in [5, 5.41) is 3.35. The largest absolute Gasteiger partial charge is 0.336 e. The Hall–Kier alpha value is -2.21. The molecule has 3 heterocycles. The fourth-order valence-electron chi connectivity index (χ4n) is 2.81. The normalized spacial score (nSPS) is 18.5. The van der Waals surface area contributed by atoms with E-state index in [1.807, 2.05) is 41.8 Å². The summed E-state index contributed by atoms with van der Waals surface area (Å²) in [7, 11) is 1.96. The first-order valence-electron chi connectivity index (χ1n) is 7.54. The average molecular weight is 299 g/mol. The van der Waals surface area contributed by atoms with Gasteiger partial charge in [-0.1, -0.05) is 6.07 Å². The summed E-state index contributed by atoms with van der Waals surface area (Å²) < 4.78 is 1.98. The van der Waals surface area contributed by atoms with Gasteiger partial charge in [0.15, 0.2) is 0 Å². The van der Waals surface area contributed by atoms with Crippen LogP contribution in [0.1, 0.15) is 23.1 Å². The molecule has 1 atom stereocenters. The van der Waals surface area contributed by atoms with Crippen LogP contribution in [0.2, 0.25) is 0 Å². The van der Waals surface area contributed by atoms with Crippen LogP contribution in [0.25, 0.3) is 0 Å². The number of pyridine rings is 1. The Morgan fingerprint density at radius 1 is 1.41 bits per heavy atom. The zero-order chi connectivity index (χ0) is 15.5. The lowest BCUT2D eigenvalue weighted by atomic mass is 10.1. The van der Waals surface area contributed by atoms with Gasteiger partial charge in [0.05, 0.1) is 6.42 Å². The minimum absolute atomic E-state index is 0.0142. The number of nitrogens with zero attached hydrogens (tertiary/aromatic N) is 4. The lowest BCUT2D eigenvalue weighted by Gasteiger charge is -2.35. The van der Waals surface area contributed by atoms with Gasteiger partial charge in [0.1, 0.15) is 11.9 Å². The molecule has 22 heavy (non-hydrogen) atoms. The molecule has 3 rings (SSSR count). The number of amides is 1. The predicted molar refractivity (Wildman–Crippen MR) is 83.2 cm³/mol. The summed E-state index contributed by atoms with van der Waals surface area (Å²) >= 11 is 0. The van der Waals surface area contributed by atoms with E-state index in [1.165, 1.54) is 0 Å². The smallest absolute Gasteiger partial charge is 0.227 e. The number of hydrogen-bond donors (Lipinski definition) is 1. The molecular weight excluding hydrogens is 278 g/mol. The number of hydrogen-bond acceptors (Lipinski definition) is 4. The molecule has 0 saturated carbocycles. The highest BCUT2D eigenvalue weighted by molar-refractivity contribution is 5.79. The van der Waals surface area contributed by atoms with E-state index >= 15 is 0 Å². The first-order chi connectivity index (χ1) is 10.6. The van der Waals surface area contributed by atoms with E-state index in [1.54, 1.807) is 12.4 Å². The zero-order valence-corrected chi connectivity index (χ0v) is 13.0. The molecule has 1 fully saturated rings. The molecule has 6 heteroatoms. The van der Waals surface area contributed by atoms with Crippen molar-refractivity contribution in [3.05, 3.63) is 47.8 Å². The van der Waals surface area contributed by atoms with Crippen LogP contribution in [-0.4, -0.2) is 45.0 Å². The van der Waals surface area contributed by atoms with E-state index in [0.29, 0.717) is 13.0 Å². The molecule has 6 nitrogen and oxygen atoms in total. The standard InChI is InChI=1S/C16H21N5O/c1-12-3-4-13(10-19-12)9-15(22)21-8-5-17-11-14(21)16-18-6-7-20(16)2/h3-4,6-7,10,14,17H,5,8-9,11H2,1-2H3. The molecule has 0 radical (unpaired) electrons. The van der Waals surface area contributed by atoms with Crippen molar-refractivity contribution in [3.63, 3.8) is 0 Å². The van der Waals surface area contributed by atoms with Gasteiger partial charge in [-0.2, -0.15) is 0 Å². The Bertz CT molecular complexity index is 649. The number of carbonyl (C=O) groups is 1. The van der Waals surface area contributed by atoms with E-state index in [9.17, 15) is 4.79 Å². The van der Waals surface area contributed by atoms with Crippen molar-refractivity contribution < 1.29 is 4.79 Å². The Morgan fingerprint density at radius 3 is 2.95 bits per heavy atom. The van der Waals surface area contributed by atoms with Crippen molar-refractivity contribution in [2.24, 2.45) is 7.05 Å². The first-order valence-corrected chi connectivity index (χ1v) is 7.54. The Morgan fingerprint density at radius 2 is 2.27 bits per heavy atom. The molecule has 2 aromatic heterocycles. The number of carbonyl (C=O) groups excluding carboxylic acids is 1. The van der Waals surface area contributed by atoms with Crippen LogP contribution in [0.3, 0.4) is 0 Å². The van der Waals surface area contributed by atoms with Crippen LogP contribution in [0.15, 0.2) is 30.7 Å². The van der Waals surface area contributed by atoms with Gasteiger partial charge < -0.3 is 14.8 Å². The monoisotopic (exact) mass is 299 g/mol. The van der Waals surface area contributed by atoms with Gasteiger partial charge in [-0.05, 0) is 18.6 Å². The number of imidazole rings is 1. The second kappa shape index (κ2) is 6.27. The number of rotatable bonds is 3. The van der Waals surface area contributed by atoms with Gasteiger partial charge in [-0.15, -0.1) is 0 Å². The van der Waals surface area contributed by atoms with Crippen LogP contribution in [0, 0.1) is 6.92 Å². The van der Waals surface area contributed by atoms with Crippen LogP contribution in [-0.2, 0) is 18.3 Å². The van der Waals surface area contributed by atoms with Crippen molar-refractivity contribution in [1.82, 2.24) is 24.8 Å². The van der Waals surface area contributed by atoms with Gasteiger partial charge in [0.25, 0.3) is 0 Å². The maximum Gasteiger partial charge on any atom is 0.227 e. The lowest BCUT2D eigenvalue weighted by Crippen LogP contribution is -2.49. The molecule has 116 valence electrons. The van der Waals surface area contributed by atoms with Crippen molar-refractivity contribution in [2.75, 3.05) is 19.6 Å². The Kier molecular flexibility index (Phi) is 4.20. The maximum absolute atomic E-state index is 12.7. The topological polar surface area (TPSA) is 63.1 Å². The average Bonchev–Trinajstić information content (AvgIpc) is 2.95. The molecule has 0 bridgehead atoms. The van der Waals surface area contributed by atoms with Gasteiger partial charge in [-0.3, -0.25) is 9.78 Å². The second-order valence-corrected chi connectivity index (χ2v) is 5.69. The van der Waals surface area contributed by atoms with Crippen molar-refractivity contribution in [3.8, 4) is 0 Å².